The van der Waals surface area contributed by atoms with E-state index in [4.69, 9.17) is 22.9 Å². The number of amides is 7. The number of hydrogen-bond donors (Lipinski definition) is 12. The van der Waals surface area contributed by atoms with Gasteiger partial charge < -0.3 is 69.7 Å². The molecule has 0 saturated carbocycles. The van der Waals surface area contributed by atoms with E-state index in [9.17, 15) is 58.5 Å². The molecule has 0 radical (unpaired) electrons. The highest BCUT2D eigenvalue weighted by molar-refractivity contribution is 5.99. The summed E-state index contributed by atoms with van der Waals surface area (Å²) >= 11 is 0. The van der Waals surface area contributed by atoms with Crippen LogP contribution in [0.4, 0.5) is 0 Å². The number of hydrogen-bond acceptors (Lipinski definition) is 12. The van der Waals surface area contributed by atoms with Crippen LogP contribution in [-0.4, -0.2) is 135 Å². The molecular weight excluding hydrogens is 790 g/mol. The standard InChI is InChI=1S/C37H57N11O12/c1-18(2)14-23(45-33(56)25(17-29(51)52)44-30(53)19(3)38)31(54)46-24(15-20-8-10-21(49)11-9-20)32(55)47-26(16-28(39)50)35(58)48-13-5-7-27(48)34(57)43-22(36(59)60)6-4-12-42-37(40)41/h8-11,18-19,22-27,49H,4-7,12-17,38H2,1-3H3,(H2,39,50)(H,43,57)(H,44,53)(H,45,56)(H,46,54)(H,47,55)(H,51,52)(H,59,60)(H4,40,41,42)/t19-,22-,23-,24-,25-,26-,27-/m0/s1. The van der Waals surface area contributed by atoms with Crippen LogP contribution in [0.3, 0.4) is 0 Å². The van der Waals surface area contributed by atoms with Crippen LogP contribution in [0.5, 0.6) is 5.75 Å². The Labute approximate surface area is 345 Å². The van der Waals surface area contributed by atoms with Crippen molar-refractivity contribution in [3.8, 4) is 5.75 Å². The zero-order chi connectivity index (χ0) is 45.3. The van der Waals surface area contributed by atoms with Gasteiger partial charge in [0.2, 0.25) is 41.4 Å². The number of rotatable bonds is 24. The molecule has 1 fully saturated rings. The quantitative estimate of drug-likeness (QED) is 0.0270. The van der Waals surface area contributed by atoms with Crippen molar-refractivity contribution in [2.24, 2.45) is 33.8 Å². The van der Waals surface area contributed by atoms with Crippen molar-refractivity contribution in [3.05, 3.63) is 29.8 Å². The first-order chi connectivity index (χ1) is 28.1. The lowest BCUT2D eigenvalue weighted by atomic mass is 10.00. The molecule has 0 unspecified atom stereocenters. The Morgan fingerprint density at radius 3 is 1.88 bits per heavy atom. The Morgan fingerprint density at radius 2 is 1.33 bits per heavy atom. The fourth-order valence-electron chi connectivity index (χ4n) is 6.22. The van der Waals surface area contributed by atoms with Crippen LogP contribution >= 0.6 is 0 Å². The molecule has 0 aromatic heterocycles. The maximum absolute atomic E-state index is 14.1. The van der Waals surface area contributed by atoms with E-state index in [1.807, 2.05) is 0 Å². The van der Waals surface area contributed by atoms with Crippen LogP contribution < -0.4 is 49.5 Å². The molecule has 1 aliphatic heterocycles. The third-order valence-electron chi connectivity index (χ3n) is 9.19. The summed E-state index contributed by atoms with van der Waals surface area (Å²) in [6, 6.07) is -4.25. The van der Waals surface area contributed by atoms with Crippen molar-refractivity contribution in [2.45, 2.75) is 114 Å². The number of nitrogens with zero attached hydrogens (tertiary/aromatic N) is 2. The Balaban J connectivity index is 2.40. The molecule has 0 spiro atoms. The second kappa shape index (κ2) is 23.8. The van der Waals surface area contributed by atoms with Gasteiger partial charge in [-0.2, -0.15) is 0 Å². The van der Waals surface area contributed by atoms with E-state index in [-0.39, 0.29) is 62.8 Å². The van der Waals surface area contributed by atoms with Gasteiger partial charge in [-0.25, -0.2) is 4.79 Å². The SMILES string of the molecule is CC(C)C[C@H](NC(=O)[C@H](CC(=O)O)NC(=O)[C@H](C)N)C(=O)N[C@@H](Cc1ccc(O)cc1)C(=O)N[C@@H](CC(N)=O)C(=O)N1CCC[C@H]1C(=O)N[C@@H](CCCN=C(N)N)C(=O)O. The number of carboxylic acids is 2. The number of aliphatic carboxylic acids is 2. The van der Waals surface area contributed by atoms with E-state index in [2.05, 4.69) is 31.6 Å². The highest BCUT2D eigenvalue weighted by atomic mass is 16.4. The smallest absolute Gasteiger partial charge is 0.326 e. The number of aromatic hydroxyl groups is 1. The molecule has 23 heteroatoms. The molecule has 0 bridgehead atoms. The highest BCUT2D eigenvalue weighted by Crippen LogP contribution is 2.20. The van der Waals surface area contributed by atoms with Crippen molar-refractivity contribution >= 4 is 59.2 Å². The molecule has 1 aromatic rings. The molecular formula is C37H57N11O12. The Kier molecular flexibility index (Phi) is 19.7. The normalized spacial score (nSPS) is 16.5. The number of likely N-dealkylation sites (tertiary alicyclic amines) is 1. The summed E-state index contributed by atoms with van der Waals surface area (Å²) in [7, 11) is 0. The van der Waals surface area contributed by atoms with E-state index >= 15 is 0 Å². The van der Waals surface area contributed by atoms with Gasteiger partial charge in [0.15, 0.2) is 5.96 Å². The average Bonchev–Trinajstić information content (AvgIpc) is 3.65. The second-order valence-corrected chi connectivity index (χ2v) is 14.8. The number of aliphatic imine (C=N–C) groups is 1. The average molecular weight is 848 g/mol. The number of phenolic OH excluding ortho intramolecular Hbond substituents is 1. The molecule has 16 N–H and O–H groups in total. The minimum absolute atomic E-state index is 0.00204. The molecule has 7 atom stereocenters. The summed E-state index contributed by atoms with van der Waals surface area (Å²) in [4.78, 5) is 121. The van der Waals surface area contributed by atoms with Crippen molar-refractivity contribution in [3.63, 3.8) is 0 Å². The van der Waals surface area contributed by atoms with E-state index < -0.39 is 108 Å². The van der Waals surface area contributed by atoms with Gasteiger partial charge in [0.25, 0.3) is 0 Å². The zero-order valence-electron chi connectivity index (χ0n) is 33.7. The van der Waals surface area contributed by atoms with Gasteiger partial charge in [-0.3, -0.25) is 43.3 Å². The molecule has 1 aliphatic rings. The predicted octanol–water partition coefficient (Wildman–Crippen LogP) is -3.77. The topological polar surface area (TPSA) is 394 Å². The number of carboxylic acid groups (broad SMARTS) is 2. The number of carbonyl (C=O) groups excluding carboxylic acids is 7. The monoisotopic (exact) mass is 847 g/mol. The molecule has 60 heavy (non-hydrogen) atoms. The van der Waals surface area contributed by atoms with E-state index in [0.717, 1.165) is 4.90 Å². The van der Waals surface area contributed by atoms with E-state index in [1.165, 1.54) is 31.2 Å². The van der Waals surface area contributed by atoms with Gasteiger partial charge in [-0.15, -0.1) is 0 Å². The first-order valence-corrected chi connectivity index (χ1v) is 19.2. The number of phenols is 1. The van der Waals surface area contributed by atoms with E-state index in [0.29, 0.717) is 12.0 Å². The van der Waals surface area contributed by atoms with Crippen molar-refractivity contribution in [1.82, 2.24) is 31.5 Å². The lowest BCUT2D eigenvalue weighted by Crippen LogP contribution is -2.60. The minimum atomic E-state index is -1.66. The number of nitrogens with two attached hydrogens (primary N) is 4. The van der Waals surface area contributed by atoms with Crippen molar-refractivity contribution in [2.75, 3.05) is 13.1 Å². The first kappa shape index (κ1) is 49.6. The Bertz CT molecular complexity index is 1750. The maximum atomic E-state index is 14.1. The summed E-state index contributed by atoms with van der Waals surface area (Å²) in [5.41, 5.74) is 22.1. The van der Waals surface area contributed by atoms with Crippen molar-refractivity contribution in [1.29, 1.82) is 0 Å². The molecule has 1 aromatic carbocycles. The van der Waals surface area contributed by atoms with Gasteiger partial charge in [0.1, 0.15) is 42.0 Å². The molecule has 2 rings (SSSR count). The third kappa shape index (κ3) is 16.8. The summed E-state index contributed by atoms with van der Waals surface area (Å²) in [6.07, 6.45) is -1.25. The molecule has 7 amide bonds. The van der Waals surface area contributed by atoms with E-state index in [1.54, 1.807) is 13.8 Å². The summed E-state index contributed by atoms with van der Waals surface area (Å²) in [5.74, 6) is -9.77. The van der Waals surface area contributed by atoms with Gasteiger partial charge in [0.05, 0.1) is 18.9 Å². The van der Waals surface area contributed by atoms with Gasteiger partial charge in [0, 0.05) is 19.5 Å². The largest absolute Gasteiger partial charge is 0.508 e. The van der Waals surface area contributed by atoms with Gasteiger partial charge >= 0.3 is 11.9 Å². The Morgan fingerprint density at radius 1 is 0.767 bits per heavy atom. The first-order valence-electron chi connectivity index (χ1n) is 19.2. The molecule has 1 saturated heterocycles. The molecule has 23 nitrogen and oxygen atoms in total. The number of primary amides is 1. The summed E-state index contributed by atoms with van der Waals surface area (Å²) in [5, 5.41) is 41.0. The van der Waals surface area contributed by atoms with Crippen molar-refractivity contribution < 1.29 is 58.5 Å². The van der Waals surface area contributed by atoms with Crippen LogP contribution in [0.15, 0.2) is 29.3 Å². The van der Waals surface area contributed by atoms with Crippen LogP contribution in [-0.2, 0) is 49.6 Å². The Hall–Kier alpha value is -6.52. The number of guanidine groups is 1. The van der Waals surface area contributed by atoms with Crippen LogP contribution in [0.2, 0.25) is 0 Å². The number of benzene rings is 1. The third-order valence-corrected chi connectivity index (χ3v) is 9.19. The second-order valence-electron chi connectivity index (χ2n) is 14.8. The van der Waals surface area contributed by atoms with Gasteiger partial charge in [-0.05, 0) is 62.6 Å². The van der Waals surface area contributed by atoms with Crippen LogP contribution in [0.1, 0.15) is 71.3 Å². The molecule has 332 valence electrons. The number of nitrogens with one attached hydrogen (secondary N) is 5. The van der Waals surface area contributed by atoms with Crippen LogP contribution in [0, 0.1) is 5.92 Å². The highest BCUT2D eigenvalue weighted by Gasteiger charge is 2.40. The zero-order valence-corrected chi connectivity index (χ0v) is 33.7. The minimum Gasteiger partial charge on any atom is -0.508 e. The van der Waals surface area contributed by atoms with Crippen LogP contribution in [0.25, 0.3) is 0 Å². The molecule has 0 aliphatic carbocycles. The maximum Gasteiger partial charge on any atom is 0.326 e. The fourth-order valence-corrected chi connectivity index (χ4v) is 6.22. The summed E-state index contributed by atoms with van der Waals surface area (Å²) in [6.45, 7) is 4.88. The number of carbonyl (C=O) groups is 9. The fraction of sp³-hybridized carbons (Fsp3) is 0.568. The lowest BCUT2D eigenvalue weighted by Gasteiger charge is -2.30. The molecule has 1 heterocycles. The predicted molar refractivity (Wildman–Crippen MR) is 213 cm³/mol. The van der Waals surface area contributed by atoms with Gasteiger partial charge in [-0.1, -0.05) is 26.0 Å². The summed E-state index contributed by atoms with van der Waals surface area (Å²) < 4.78 is 0. The lowest BCUT2D eigenvalue weighted by molar-refractivity contribution is -0.145.